The highest BCUT2D eigenvalue weighted by atomic mass is 16.4. The Bertz CT molecular complexity index is 624. The molecule has 0 bridgehead atoms. The van der Waals surface area contributed by atoms with Gasteiger partial charge in [-0.2, -0.15) is 0 Å². The first-order valence-corrected chi connectivity index (χ1v) is 6.55. The first kappa shape index (κ1) is 14.7. The minimum Gasteiger partial charge on any atom is -0.480 e. The molecule has 2 rings (SSSR count). The van der Waals surface area contributed by atoms with Crippen molar-refractivity contribution < 1.29 is 14.7 Å². The molecule has 1 amide bonds. The van der Waals surface area contributed by atoms with Crippen molar-refractivity contribution >= 4 is 11.9 Å². The molecule has 0 radical (unpaired) electrons. The fourth-order valence-electron chi connectivity index (χ4n) is 1.91. The molecule has 0 aliphatic rings. The van der Waals surface area contributed by atoms with E-state index in [9.17, 15) is 9.59 Å². The molecule has 0 saturated carbocycles. The Kier molecular flexibility index (Phi) is 4.65. The molecule has 0 saturated heterocycles. The number of nitrogens with zero attached hydrogens (tertiary/aromatic N) is 4. The van der Waals surface area contributed by atoms with Gasteiger partial charge in [0.15, 0.2) is 5.69 Å². The lowest BCUT2D eigenvalue weighted by Gasteiger charge is -2.19. The van der Waals surface area contributed by atoms with Crippen molar-refractivity contribution in [1.82, 2.24) is 19.9 Å². The van der Waals surface area contributed by atoms with Crippen LogP contribution in [-0.4, -0.2) is 43.4 Å². The molecule has 110 valence electrons. The van der Waals surface area contributed by atoms with Crippen LogP contribution in [0.3, 0.4) is 0 Å². The number of hydrogen-bond acceptors (Lipinski definition) is 4. The Morgan fingerprint density at radius 3 is 2.62 bits per heavy atom. The number of carboxylic acid groups (broad SMARTS) is 1. The van der Waals surface area contributed by atoms with Gasteiger partial charge in [0, 0.05) is 13.1 Å². The van der Waals surface area contributed by atoms with Crippen LogP contribution < -0.4 is 0 Å². The van der Waals surface area contributed by atoms with E-state index in [-0.39, 0.29) is 18.1 Å². The molecule has 1 heterocycles. The minimum atomic E-state index is -1.03. The van der Waals surface area contributed by atoms with E-state index in [0.29, 0.717) is 13.1 Å². The minimum absolute atomic E-state index is 0.147. The van der Waals surface area contributed by atoms with E-state index in [1.807, 2.05) is 37.3 Å². The smallest absolute Gasteiger partial charge is 0.325 e. The zero-order chi connectivity index (χ0) is 15.2. The van der Waals surface area contributed by atoms with Gasteiger partial charge in [0.05, 0.1) is 6.20 Å². The molecular formula is C14H16N4O3. The van der Waals surface area contributed by atoms with Crippen molar-refractivity contribution in [2.45, 2.75) is 20.0 Å². The number of carbonyl (C=O) groups excluding carboxylic acids is 1. The molecule has 0 unspecified atom stereocenters. The standard InChI is InChI=1S/C14H16N4O3/c1-2-17(8-11-6-4-3-5-7-11)14(21)12-9-18(16-15-12)10-13(19)20/h3-7,9H,2,8,10H2,1H3,(H,19,20). The number of carbonyl (C=O) groups is 2. The lowest BCUT2D eigenvalue weighted by Crippen LogP contribution is -2.30. The highest BCUT2D eigenvalue weighted by Gasteiger charge is 2.18. The Morgan fingerprint density at radius 1 is 1.29 bits per heavy atom. The summed E-state index contributed by atoms with van der Waals surface area (Å²) in [7, 11) is 0. The first-order chi connectivity index (χ1) is 10.1. The van der Waals surface area contributed by atoms with Gasteiger partial charge in [-0.1, -0.05) is 35.5 Å². The fraction of sp³-hybridized carbons (Fsp3) is 0.286. The summed E-state index contributed by atoms with van der Waals surface area (Å²) in [6.45, 7) is 2.56. The van der Waals surface area contributed by atoms with Gasteiger partial charge in [0.25, 0.3) is 5.91 Å². The van der Waals surface area contributed by atoms with Gasteiger partial charge in [0.1, 0.15) is 6.54 Å². The van der Waals surface area contributed by atoms with E-state index < -0.39 is 5.97 Å². The van der Waals surface area contributed by atoms with Crippen LogP contribution in [-0.2, 0) is 17.9 Å². The van der Waals surface area contributed by atoms with Crippen molar-refractivity contribution in [2.75, 3.05) is 6.54 Å². The summed E-state index contributed by atoms with van der Waals surface area (Å²) in [4.78, 5) is 24.6. The number of aromatic nitrogens is 3. The number of carboxylic acids is 1. The highest BCUT2D eigenvalue weighted by molar-refractivity contribution is 5.91. The van der Waals surface area contributed by atoms with E-state index in [4.69, 9.17) is 5.11 Å². The van der Waals surface area contributed by atoms with Crippen molar-refractivity contribution in [2.24, 2.45) is 0 Å². The van der Waals surface area contributed by atoms with Crippen LogP contribution in [0.15, 0.2) is 36.5 Å². The van der Waals surface area contributed by atoms with E-state index >= 15 is 0 Å². The second kappa shape index (κ2) is 6.65. The summed E-state index contributed by atoms with van der Waals surface area (Å²) in [5.74, 6) is -1.30. The van der Waals surface area contributed by atoms with Crippen LogP contribution in [0, 0.1) is 0 Å². The van der Waals surface area contributed by atoms with Crippen LogP contribution in [0.2, 0.25) is 0 Å². The van der Waals surface area contributed by atoms with Crippen LogP contribution in [0.25, 0.3) is 0 Å². The molecule has 0 aliphatic heterocycles. The molecule has 0 spiro atoms. The Morgan fingerprint density at radius 2 is 2.00 bits per heavy atom. The van der Waals surface area contributed by atoms with E-state index in [2.05, 4.69) is 10.3 Å². The quantitative estimate of drug-likeness (QED) is 0.857. The monoisotopic (exact) mass is 288 g/mol. The van der Waals surface area contributed by atoms with Gasteiger partial charge in [-0.25, -0.2) is 4.68 Å². The number of rotatable bonds is 6. The number of amides is 1. The van der Waals surface area contributed by atoms with Gasteiger partial charge < -0.3 is 10.0 Å². The average Bonchev–Trinajstić information content (AvgIpc) is 2.92. The maximum Gasteiger partial charge on any atom is 0.325 e. The van der Waals surface area contributed by atoms with Crippen molar-refractivity contribution in [3.05, 3.63) is 47.8 Å². The third-order valence-corrected chi connectivity index (χ3v) is 2.94. The summed E-state index contributed by atoms with van der Waals surface area (Å²) in [5.41, 5.74) is 1.17. The normalized spacial score (nSPS) is 10.3. The molecule has 7 heteroatoms. The molecule has 0 fully saturated rings. The molecule has 0 aliphatic carbocycles. The molecule has 0 atom stereocenters. The molecule has 7 nitrogen and oxygen atoms in total. The Balaban J connectivity index is 2.09. The second-order valence-electron chi connectivity index (χ2n) is 4.50. The summed E-state index contributed by atoms with van der Waals surface area (Å²) in [6.07, 6.45) is 1.35. The molecule has 21 heavy (non-hydrogen) atoms. The lowest BCUT2D eigenvalue weighted by molar-refractivity contribution is -0.137. The van der Waals surface area contributed by atoms with E-state index in [1.165, 1.54) is 6.20 Å². The summed E-state index contributed by atoms with van der Waals surface area (Å²) in [5, 5.41) is 16.1. The SMILES string of the molecule is CCN(Cc1ccccc1)C(=O)c1cn(CC(=O)O)nn1. The summed E-state index contributed by atoms with van der Waals surface area (Å²) in [6, 6.07) is 9.63. The van der Waals surface area contributed by atoms with E-state index in [0.717, 1.165) is 10.2 Å². The number of hydrogen-bond donors (Lipinski definition) is 1. The van der Waals surface area contributed by atoms with Gasteiger partial charge >= 0.3 is 5.97 Å². The van der Waals surface area contributed by atoms with Crippen LogP contribution in [0.1, 0.15) is 23.0 Å². The molecule has 1 aromatic carbocycles. The predicted molar refractivity (Wildman–Crippen MR) is 74.5 cm³/mol. The molecular weight excluding hydrogens is 272 g/mol. The fourth-order valence-corrected chi connectivity index (χ4v) is 1.91. The van der Waals surface area contributed by atoms with Crippen LogP contribution in [0.5, 0.6) is 0 Å². The topological polar surface area (TPSA) is 88.3 Å². The third kappa shape index (κ3) is 3.88. The first-order valence-electron chi connectivity index (χ1n) is 6.55. The van der Waals surface area contributed by atoms with Crippen molar-refractivity contribution in [1.29, 1.82) is 0 Å². The van der Waals surface area contributed by atoms with Crippen LogP contribution in [0.4, 0.5) is 0 Å². The average molecular weight is 288 g/mol. The van der Waals surface area contributed by atoms with E-state index in [1.54, 1.807) is 4.90 Å². The zero-order valence-corrected chi connectivity index (χ0v) is 11.6. The highest BCUT2D eigenvalue weighted by Crippen LogP contribution is 2.08. The summed E-state index contributed by atoms with van der Waals surface area (Å²) >= 11 is 0. The van der Waals surface area contributed by atoms with Gasteiger partial charge in [-0.05, 0) is 12.5 Å². The molecule has 1 N–H and O–H groups in total. The van der Waals surface area contributed by atoms with Gasteiger partial charge in [-0.3, -0.25) is 9.59 Å². The lowest BCUT2D eigenvalue weighted by atomic mass is 10.2. The summed E-state index contributed by atoms with van der Waals surface area (Å²) < 4.78 is 1.13. The predicted octanol–water partition coefficient (Wildman–Crippen LogP) is 1.02. The van der Waals surface area contributed by atoms with Gasteiger partial charge in [0.2, 0.25) is 0 Å². The van der Waals surface area contributed by atoms with Crippen molar-refractivity contribution in [3.63, 3.8) is 0 Å². The van der Waals surface area contributed by atoms with Crippen molar-refractivity contribution in [3.8, 4) is 0 Å². The second-order valence-corrected chi connectivity index (χ2v) is 4.50. The number of aliphatic carboxylic acids is 1. The Labute approximate surface area is 121 Å². The Hall–Kier alpha value is -2.70. The maximum atomic E-state index is 12.3. The number of benzene rings is 1. The zero-order valence-electron chi connectivity index (χ0n) is 11.6. The van der Waals surface area contributed by atoms with Crippen LogP contribution >= 0.6 is 0 Å². The maximum absolute atomic E-state index is 12.3. The molecule has 1 aromatic heterocycles. The molecule has 2 aromatic rings. The third-order valence-electron chi connectivity index (χ3n) is 2.94. The van der Waals surface area contributed by atoms with Gasteiger partial charge in [-0.15, -0.1) is 5.10 Å². The largest absolute Gasteiger partial charge is 0.480 e.